The number of ether oxygens (including phenoxy) is 2. The SMILES string of the molecule is Cc1cc(=O)oc2cc(Oc3coc4cc(OCC(=O)NCc5ccccc5)ccc4c3=O)ccc12. The topological polar surface area (TPSA) is 108 Å². The van der Waals surface area contributed by atoms with Gasteiger partial charge in [0.05, 0.1) is 5.39 Å². The largest absolute Gasteiger partial charge is 0.484 e. The van der Waals surface area contributed by atoms with Gasteiger partial charge in [0.25, 0.3) is 5.91 Å². The van der Waals surface area contributed by atoms with Crippen molar-refractivity contribution in [1.82, 2.24) is 5.32 Å². The van der Waals surface area contributed by atoms with Gasteiger partial charge in [0.1, 0.15) is 28.9 Å². The van der Waals surface area contributed by atoms with E-state index in [2.05, 4.69) is 5.32 Å². The first-order valence-electron chi connectivity index (χ1n) is 11.2. The van der Waals surface area contributed by atoms with Crippen LogP contribution >= 0.6 is 0 Å². The molecule has 2 aromatic heterocycles. The number of carbonyl (C=O) groups excluding carboxylic acids is 1. The molecule has 0 atom stereocenters. The number of fused-ring (bicyclic) bond motifs is 2. The predicted octanol–water partition coefficient (Wildman–Crippen LogP) is 4.70. The monoisotopic (exact) mass is 483 g/mol. The maximum absolute atomic E-state index is 12.9. The first-order valence-corrected chi connectivity index (χ1v) is 11.2. The Balaban J connectivity index is 1.28. The maximum atomic E-state index is 12.9. The van der Waals surface area contributed by atoms with E-state index in [4.69, 9.17) is 18.3 Å². The van der Waals surface area contributed by atoms with Crippen molar-refractivity contribution in [2.75, 3.05) is 6.61 Å². The fourth-order valence-corrected chi connectivity index (χ4v) is 3.74. The van der Waals surface area contributed by atoms with E-state index in [1.165, 1.54) is 12.3 Å². The van der Waals surface area contributed by atoms with Crippen LogP contribution in [0.4, 0.5) is 0 Å². The molecule has 0 radical (unpaired) electrons. The van der Waals surface area contributed by atoms with Crippen LogP contribution in [-0.4, -0.2) is 12.5 Å². The number of rotatable bonds is 7. The fraction of sp³-hybridized carbons (Fsp3) is 0.107. The Hall–Kier alpha value is -4.85. The summed E-state index contributed by atoms with van der Waals surface area (Å²) in [6.07, 6.45) is 1.21. The molecule has 0 saturated heterocycles. The van der Waals surface area contributed by atoms with Crippen molar-refractivity contribution >= 4 is 27.8 Å². The quantitative estimate of drug-likeness (QED) is 0.335. The van der Waals surface area contributed by atoms with E-state index in [1.807, 2.05) is 37.3 Å². The predicted molar refractivity (Wildman–Crippen MR) is 134 cm³/mol. The molecule has 1 N–H and O–H groups in total. The zero-order valence-electron chi connectivity index (χ0n) is 19.3. The van der Waals surface area contributed by atoms with Crippen LogP contribution in [0, 0.1) is 6.92 Å². The molecule has 5 aromatic rings. The third-order valence-electron chi connectivity index (χ3n) is 5.57. The highest BCUT2D eigenvalue weighted by molar-refractivity contribution is 5.82. The second-order valence-corrected chi connectivity index (χ2v) is 8.15. The number of hydrogen-bond acceptors (Lipinski definition) is 7. The van der Waals surface area contributed by atoms with Gasteiger partial charge in [-0.1, -0.05) is 30.3 Å². The molecule has 0 spiro atoms. The molecule has 3 aromatic carbocycles. The summed E-state index contributed by atoms with van der Waals surface area (Å²) in [5, 5.41) is 3.85. The number of benzene rings is 3. The third-order valence-corrected chi connectivity index (χ3v) is 5.57. The number of amides is 1. The second kappa shape index (κ2) is 9.79. The molecule has 0 aliphatic rings. The van der Waals surface area contributed by atoms with E-state index in [0.717, 1.165) is 16.5 Å². The maximum Gasteiger partial charge on any atom is 0.336 e. The zero-order valence-corrected chi connectivity index (χ0v) is 19.3. The molecule has 5 rings (SSSR count). The lowest BCUT2D eigenvalue weighted by atomic mass is 10.1. The molecule has 2 heterocycles. The van der Waals surface area contributed by atoms with Crippen LogP contribution in [0.15, 0.2) is 97.5 Å². The Morgan fingerprint density at radius 2 is 1.64 bits per heavy atom. The van der Waals surface area contributed by atoms with Crippen LogP contribution in [-0.2, 0) is 11.3 Å². The summed E-state index contributed by atoms with van der Waals surface area (Å²) in [6.45, 7) is 2.04. The van der Waals surface area contributed by atoms with Gasteiger partial charge < -0.3 is 23.6 Å². The van der Waals surface area contributed by atoms with Crippen molar-refractivity contribution in [3.8, 4) is 17.2 Å². The number of nitrogens with one attached hydrogen (secondary N) is 1. The van der Waals surface area contributed by atoms with Gasteiger partial charge in [-0.2, -0.15) is 0 Å². The summed E-state index contributed by atoms with van der Waals surface area (Å²) in [4.78, 5) is 36.7. The van der Waals surface area contributed by atoms with Gasteiger partial charge in [0.15, 0.2) is 6.61 Å². The van der Waals surface area contributed by atoms with Crippen molar-refractivity contribution in [2.45, 2.75) is 13.5 Å². The van der Waals surface area contributed by atoms with Crippen LogP contribution in [0.25, 0.3) is 21.9 Å². The Morgan fingerprint density at radius 3 is 2.47 bits per heavy atom. The number of hydrogen-bond donors (Lipinski definition) is 1. The summed E-state index contributed by atoms with van der Waals surface area (Å²) in [7, 11) is 0. The minimum absolute atomic E-state index is 0.0224. The number of carbonyl (C=O) groups is 1. The van der Waals surface area contributed by atoms with Gasteiger partial charge in [0.2, 0.25) is 11.2 Å². The van der Waals surface area contributed by atoms with Crippen molar-refractivity contribution in [3.63, 3.8) is 0 Å². The normalized spacial score (nSPS) is 10.9. The summed E-state index contributed by atoms with van der Waals surface area (Å²) in [5.74, 6) is 0.412. The molecule has 8 heteroatoms. The first-order chi connectivity index (χ1) is 17.5. The molecule has 0 saturated carbocycles. The molecule has 0 unspecified atom stereocenters. The van der Waals surface area contributed by atoms with E-state index in [0.29, 0.717) is 23.6 Å². The van der Waals surface area contributed by atoms with Gasteiger partial charge in [-0.3, -0.25) is 9.59 Å². The first kappa shape index (κ1) is 22.9. The van der Waals surface area contributed by atoms with Gasteiger partial charge >= 0.3 is 5.63 Å². The van der Waals surface area contributed by atoms with Crippen LogP contribution in [0.3, 0.4) is 0 Å². The highest BCUT2D eigenvalue weighted by Crippen LogP contribution is 2.27. The van der Waals surface area contributed by atoms with Crippen LogP contribution in [0.5, 0.6) is 17.2 Å². The average molecular weight is 483 g/mol. The van der Waals surface area contributed by atoms with Crippen LogP contribution in [0.1, 0.15) is 11.1 Å². The molecule has 0 bridgehead atoms. The third kappa shape index (κ3) is 4.97. The molecular formula is C28H21NO7. The highest BCUT2D eigenvalue weighted by Gasteiger charge is 2.12. The van der Waals surface area contributed by atoms with E-state index >= 15 is 0 Å². The summed E-state index contributed by atoms with van der Waals surface area (Å²) in [5.41, 5.74) is 1.57. The van der Waals surface area contributed by atoms with E-state index in [-0.39, 0.29) is 34.7 Å². The van der Waals surface area contributed by atoms with Crippen molar-refractivity contribution < 1.29 is 23.1 Å². The summed E-state index contributed by atoms with van der Waals surface area (Å²) < 4.78 is 22.1. The van der Waals surface area contributed by atoms with E-state index < -0.39 is 5.63 Å². The fourth-order valence-electron chi connectivity index (χ4n) is 3.74. The van der Waals surface area contributed by atoms with Gasteiger partial charge in [-0.25, -0.2) is 4.79 Å². The molecule has 36 heavy (non-hydrogen) atoms. The van der Waals surface area contributed by atoms with Crippen molar-refractivity contribution in [2.24, 2.45) is 0 Å². The lowest BCUT2D eigenvalue weighted by Crippen LogP contribution is -2.28. The van der Waals surface area contributed by atoms with Crippen molar-refractivity contribution in [1.29, 1.82) is 0 Å². The summed E-state index contributed by atoms with van der Waals surface area (Å²) in [6, 6.07) is 20.6. The minimum Gasteiger partial charge on any atom is -0.484 e. The van der Waals surface area contributed by atoms with Gasteiger partial charge in [0, 0.05) is 30.1 Å². The molecule has 0 aliphatic carbocycles. The lowest BCUT2D eigenvalue weighted by molar-refractivity contribution is -0.123. The standard InChI is InChI=1S/C28H21NO7/c1-17-11-27(31)36-24-13-20(8-9-21(17)24)35-25-15-34-23-12-19(7-10-22(23)28(25)32)33-16-26(30)29-14-18-5-3-2-4-6-18/h2-13,15H,14,16H2,1H3,(H,29,30). The Morgan fingerprint density at radius 1 is 0.889 bits per heavy atom. The molecule has 8 nitrogen and oxygen atoms in total. The lowest BCUT2D eigenvalue weighted by Gasteiger charge is -2.09. The highest BCUT2D eigenvalue weighted by atomic mass is 16.5. The molecule has 0 aliphatic heterocycles. The van der Waals surface area contributed by atoms with E-state index in [9.17, 15) is 14.4 Å². The average Bonchev–Trinajstić information content (AvgIpc) is 2.88. The van der Waals surface area contributed by atoms with Crippen LogP contribution in [0.2, 0.25) is 0 Å². The summed E-state index contributed by atoms with van der Waals surface area (Å²) >= 11 is 0. The van der Waals surface area contributed by atoms with Gasteiger partial charge in [-0.15, -0.1) is 0 Å². The molecule has 1 amide bonds. The number of aryl methyl sites for hydroxylation is 1. The molecule has 0 fully saturated rings. The van der Waals surface area contributed by atoms with Crippen molar-refractivity contribution in [3.05, 3.63) is 111 Å². The van der Waals surface area contributed by atoms with E-state index in [1.54, 1.807) is 36.4 Å². The molecular weight excluding hydrogens is 462 g/mol. The Bertz CT molecular complexity index is 1690. The Kier molecular flexibility index (Phi) is 6.23. The van der Waals surface area contributed by atoms with Crippen LogP contribution < -0.4 is 25.8 Å². The zero-order chi connectivity index (χ0) is 25.1. The second-order valence-electron chi connectivity index (χ2n) is 8.15. The Labute approximate surface area is 204 Å². The molecule has 180 valence electrons. The smallest absolute Gasteiger partial charge is 0.336 e. The van der Waals surface area contributed by atoms with Gasteiger partial charge in [-0.05, 0) is 42.3 Å². The minimum atomic E-state index is -0.464.